The van der Waals surface area contributed by atoms with Crippen molar-refractivity contribution in [2.75, 3.05) is 40.9 Å². The van der Waals surface area contributed by atoms with E-state index >= 15 is 0 Å². The van der Waals surface area contributed by atoms with E-state index in [-0.39, 0.29) is 37.9 Å². The summed E-state index contributed by atoms with van der Waals surface area (Å²) in [5.41, 5.74) is 0. The van der Waals surface area contributed by atoms with Crippen molar-refractivity contribution in [2.45, 2.75) is 251 Å². The second-order valence-electron chi connectivity index (χ2n) is 20.8. The van der Waals surface area contributed by atoms with Gasteiger partial charge in [-0.2, -0.15) is 0 Å². The molecule has 2 N–H and O–H groups in total. The highest BCUT2D eigenvalue weighted by atomic mass is 31.2. The predicted octanol–water partition coefficient (Wildman–Crippen LogP) is 18.0. The Bertz CT molecular complexity index is 1570. The summed E-state index contributed by atoms with van der Waals surface area (Å²) in [6, 6.07) is -0.894. The number of amides is 1. The fraction of sp³-hybridized carbons (Fsp3) is 0.714. The number of esters is 1. The van der Waals surface area contributed by atoms with Crippen molar-refractivity contribution in [1.82, 2.24) is 5.32 Å². The molecule has 0 aliphatic carbocycles. The molecule has 3 atom stereocenters. The minimum atomic E-state index is -4.47. The number of unbranched alkanes of at least 4 members (excludes halogenated alkanes) is 22. The Morgan fingerprint density at radius 2 is 0.890 bits per heavy atom. The molecule has 3 unspecified atom stereocenters. The maximum absolute atomic E-state index is 13.5. The van der Waals surface area contributed by atoms with Crippen LogP contribution in [-0.4, -0.2) is 74.3 Å². The van der Waals surface area contributed by atoms with E-state index in [2.05, 4.69) is 99.0 Å². The van der Waals surface area contributed by atoms with Crippen LogP contribution in [0.5, 0.6) is 0 Å². The van der Waals surface area contributed by atoms with Gasteiger partial charge in [-0.1, -0.05) is 227 Å². The van der Waals surface area contributed by atoms with Crippen LogP contribution in [-0.2, 0) is 27.9 Å². The van der Waals surface area contributed by atoms with Crippen LogP contribution in [0, 0.1) is 0 Å². The lowest BCUT2D eigenvalue weighted by Crippen LogP contribution is -2.47. The molecule has 73 heavy (non-hydrogen) atoms. The Labute approximate surface area is 449 Å². The van der Waals surface area contributed by atoms with Crippen molar-refractivity contribution in [3.8, 4) is 0 Å². The van der Waals surface area contributed by atoms with Crippen LogP contribution in [0.4, 0.5) is 0 Å². The molecule has 0 radical (unpaired) electrons. The van der Waals surface area contributed by atoms with E-state index in [0.29, 0.717) is 17.4 Å². The van der Waals surface area contributed by atoms with Gasteiger partial charge in [-0.3, -0.25) is 18.6 Å². The summed E-state index contributed by atoms with van der Waals surface area (Å²) < 4.78 is 30.6. The molecule has 420 valence electrons. The molecule has 0 rings (SSSR count). The average Bonchev–Trinajstić information content (AvgIpc) is 3.35. The highest BCUT2D eigenvalue weighted by Crippen LogP contribution is 2.43. The first-order valence-electron chi connectivity index (χ1n) is 29.6. The molecule has 0 saturated carbocycles. The Balaban J connectivity index is 5.41. The van der Waals surface area contributed by atoms with Crippen LogP contribution in [0.15, 0.2) is 97.2 Å². The van der Waals surface area contributed by atoms with Crippen molar-refractivity contribution < 1.29 is 37.3 Å². The van der Waals surface area contributed by atoms with Crippen LogP contribution in [0.1, 0.15) is 239 Å². The quantitative estimate of drug-likeness (QED) is 0.0205. The normalized spacial score (nSPS) is 14.5. The molecular weight excluding hydrogens is 928 g/mol. The summed E-state index contributed by atoms with van der Waals surface area (Å²) in [5, 5.41) is 3.00. The van der Waals surface area contributed by atoms with Crippen molar-refractivity contribution in [3.63, 3.8) is 0 Å². The number of quaternary nitrogens is 1. The fourth-order valence-electron chi connectivity index (χ4n) is 7.96. The number of allylic oxidation sites excluding steroid dienone is 15. The van der Waals surface area contributed by atoms with Gasteiger partial charge in [0.05, 0.1) is 33.8 Å². The number of carbonyl (C=O) groups is 2. The second-order valence-corrected chi connectivity index (χ2v) is 22.2. The predicted molar refractivity (Wildman–Crippen MR) is 314 cm³/mol. The highest BCUT2D eigenvalue weighted by Gasteiger charge is 2.30. The first-order valence-corrected chi connectivity index (χ1v) is 31.1. The average molecular weight is 1040 g/mol. The number of hydrogen-bond acceptors (Lipinski definition) is 6. The Kier molecular flexibility index (Phi) is 50.2. The third-order valence-corrected chi connectivity index (χ3v) is 13.5. The molecule has 0 spiro atoms. The molecule has 0 saturated heterocycles. The smallest absolute Gasteiger partial charge is 0.456 e. The largest absolute Gasteiger partial charge is 0.472 e. The van der Waals surface area contributed by atoms with Gasteiger partial charge >= 0.3 is 13.8 Å². The maximum atomic E-state index is 13.5. The Morgan fingerprint density at radius 3 is 1.37 bits per heavy atom. The van der Waals surface area contributed by atoms with Gasteiger partial charge in [-0.25, -0.2) is 4.57 Å². The Hall–Kier alpha value is -3.07. The standard InChI is InChI=1S/C63H111N2O7P/c1-7-10-13-16-19-22-25-28-30-32-33-34-36-38-41-44-47-50-53-56-63(67)72-61(54-51-48-45-42-39-27-24-21-18-15-12-9-3)60(59-71-73(68,69)70-58-57-65(4,5)6)64-62(66)55-52-49-46-43-40-37-35-31-29-26-23-20-17-14-11-8-2/h11,14,19-20,22-23,28-31,37,40,46,49,51,54,60-61H,7-10,12-13,15-18,21,24-27,32-36,38-39,41-45,47-48,50,52-53,55-59H2,1-6H3,(H-,64,66,68,69)/p+1/b14-11+,22-19-,23-20+,30-28-,31-29+,40-37+,49-46+,54-51+. The van der Waals surface area contributed by atoms with Crippen LogP contribution in [0.3, 0.4) is 0 Å². The number of ether oxygens (including phenoxy) is 1. The summed E-state index contributed by atoms with van der Waals surface area (Å²) in [6.07, 6.45) is 69.9. The highest BCUT2D eigenvalue weighted by molar-refractivity contribution is 7.47. The van der Waals surface area contributed by atoms with Gasteiger partial charge in [0.1, 0.15) is 19.3 Å². The molecule has 0 aromatic heterocycles. The van der Waals surface area contributed by atoms with Crippen molar-refractivity contribution in [2.24, 2.45) is 0 Å². The minimum Gasteiger partial charge on any atom is -0.456 e. The maximum Gasteiger partial charge on any atom is 0.472 e. The first kappa shape index (κ1) is 69.9. The number of likely N-dealkylation sites (N-methyl/N-ethyl adjacent to an activating group) is 1. The molecule has 0 fully saturated rings. The van der Waals surface area contributed by atoms with E-state index in [9.17, 15) is 19.0 Å². The fourth-order valence-corrected chi connectivity index (χ4v) is 8.69. The molecule has 9 nitrogen and oxygen atoms in total. The number of nitrogens with one attached hydrogen (secondary N) is 1. The van der Waals surface area contributed by atoms with E-state index in [0.717, 1.165) is 89.9 Å². The molecule has 0 bridgehead atoms. The number of carbonyl (C=O) groups excluding carboxylic acids is 2. The summed E-state index contributed by atoms with van der Waals surface area (Å²) in [7, 11) is 1.44. The van der Waals surface area contributed by atoms with Crippen LogP contribution in [0.25, 0.3) is 0 Å². The number of phosphoric acid groups is 1. The molecule has 0 aliphatic heterocycles. The molecule has 1 amide bonds. The van der Waals surface area contributed by atoms with E-state index in [4.69, 9.17) is 13.8 Å². The van der Waals surface area contributed by atoms with Gasteiger partial charge in [-0.05, 0) is 96.0 Å². The van der Waals surface area contributed by atoms with Crippen LogP contribution in [0.2, 0.25) is 0 Å². The SMILES string of the molecule is CC/C=C/C/C=C/C/C=C/C/C=C/C/C=C/CCC(=O)NC(COP(=O)(O)OCC[N+](C)(C)C)C(/C=C/CCCCCCCCCCCC)OC(=O)CCCCCCCCCCC/C=C\C/C=C\CCCCC. The van der Waals surface area contributed by atoms with E-state index in [1.54, 1.807) is 0 Å². The monoisotopic (exact) mass is 1040 g/mol. The van der Waals surface area contributed by atoms with E-state index < -0.39 is 20.0 Å². The summed E-state index contributed by atoms with van der Waals surface area (Å²) in [6.45, 7) is 6.80. The van der Waals surface area contributed by atoms with Gasteiger partial charge in [-0.15, -0.1) is 0 Å². The molecule has 10 heteroatoms. The van der Waals surface area contributed by atoms with E-state index in [1.807, 2.05) is 45.4 Å². The number of phosphoric ester groups is 1. The number of nitrogens with zero attached hydrogens (tertiary/aromatic N) is 1. The van der Waals surface area contributed by atoms with Crippen molar-refractivity contribution in [1.29, 1.82) is 0 Å². The second kappa shape index (κ2) is 52.4. The molecule has 0 heterocycles. The third-order valence-electron chi connectivity index (χ3n) is 12.5. The zero-order chi connectivity index (χ0) is 53.6. The number of hydrogen-bond donors (Lipinski definition) is 2. The zero-order valence-electron chi connectivity index (χ0n) is 47.8. The first-order chi connectivity index (χ1) is 35.4. The molecule has 0 aromatic carbocycles. The summed E-state index contributed by atoms with van der Waals surface area (Å²) >= 11 is 0. The van der Waals surface area contributed by atoms with Crippen molar-refractivity contribution in [3.05, 3.63) is 97.2 Å². The van der Waals surface area contributed by atoms with Gasteiger partial charge in [0.25, 0.3) is 0 Å². The lowest BCUT2D eigenvalue weighted by molar-refractivity contribution is -0.870. The van der Waals surface area contributed by atoms with Gasteiger partial charge < -0.3 is 19.4 Å². The zero-order valence-corrected chi connectivity index (χ0v) is 48.7. The topological polar surface area (TPSA) is 111 Å². The lowest BCUT2D eigenvalue weighted by Gasteiger charge is -2.27. The third kappa shape index (κ3) is 53.6. The minimum absolute atomic E-state index is 0.0221. The molecular formula is C63H112N2O7P+. The van der Waals surface area contributed by atoms with Gasteiger partial charge in [0.2, 0.25) is 5.91 Å². The molecule has 0 aromatic rings. The van der Waals surface area contributed by atoms with Crippen molar-refractivity contribution >= 4 is 19.7 Å². The van der Waals surface area contributed by atoms with Crippen LogP contribution >= 0.6 is 7.82 Å². The van der Waals surface area contributed by atoms with E-state index in [1.165, 1.54) is 109 Å². The van der Waals surface area contributed by atoms with Gasteiger partial charge in [0, 0.05) is 12.8 Å². The lowest BCUT2D eigenvalue weighted by atomic mass is 10.0. The summed E-state index contributed by atoms with van der Waals surface area (Å²) in [4.78, 5) is 37.6. The Morgan fingerprint density at radius 1 is 0.493 bits per heavy atom. The van der Waals surface area contributed by atoms with Gasteiger partial charge in [0.15, 0.2) is 0 Å². The van der Waals surface area contributed by atoms with Crippen LogP contribution < -0.4 is 5.32 Å². The molecule has 0 aliphatic rings. The summed E-state index contributed by atoms with van der Waals surface area (Å²) in [5.74, 6) is -0.611. The number of rotatable bonds is 52.